The first-order valence-electron chi connectivity index (χ1n) is 5.38. The van der Waals surface area contributed by atoms with Crippen molar-refractivity contribution in [1.82, 2.24) is 0 Å². The molecule has 0 aromatic heterocycles. The van der Waals surface area contributed by atoms with Crippen LogP contribution in [0.5, 0.6) is 17.2 Å². The van der Waals surface area contributed by atoms with Crippen LogP contribution in [0.25, 0.3) is 6.08 Å². The van der Waals surface area contributed by atoms with E-state index in [0.717, 1.165) is 0 Å². The minimum absolute atomic E-state index is 0.0196. The second kappa shape index (κ2) is 4.25. The third-order valence-corrected chi connectivity index (χ3v) is 2.80. The van der Waals surface area contributed by atoms with Crippen LogP contribution in [-0.2, 0) is 9.53 Å². The molecule has 0 radical (unpaired) electrons. The largest absolute Gasteiger partial charge is 0.504 e. The van der Waals surface area contributed by atoms with Crippen molar-refractivity contribution in [3.05, 3.63) is 23.8 Å². The van der Waals surface area contributed by atoms with Crippen LogP contribution in [0, 0.1) is 0 Å². The Morgan fingerprint density at radius 2 is 2.11 bits per heavy atom. The summed E-state index contributed by atoms with van der Waals surface area (Å²) in [5.74, 6) is 0.277. The molecule has 96 valence electrons. The fraction of sp³-hybridized carbons (Fsp3) is 0.308. The van der Waals surface area contributed by atoms with Crippen molar-refractivity contribution < 1.29 is 24.1 Å². The lowest BCUT2D eigenvalue weighted by Gasteiger charge is -2.29. The van der Waals surface area contributed by atoms with E-state index in [9.17, 15) is 9.90 Å². The highest BCUT2D eigenvalue weighted by Crippen LogP contribution is 2.39. The molecule has 0 saturated carbocycles. The third kappa shape index (κ3) is 1.88. The van der Waals surface area contributed by atoms with E-state index >= 15 is 0 Å². The fourth-order valence-corrected chi connectivity index (χ4v) is 1.77. The van der Waals surface area contributed by atoms with E-state index < -0.39 is 11.6 Å². The van der Waals surface area contributed by atoms with Gasteiger partial charge in [-0.1, -0.05) is 6.08 Å². The molecule has 1 unspecified atom stereocenters. The zero-order valence-corrected chi connectivity index (χ0v) is 10.4. The quantitative estimate of drug-likeness (QED) is 0.810. The number of ether oxygens (including phenoxy) is 3. The van der Waals surface area contributed by atoms with Gasteiger partial charge in [-0.25, -0.2) is 4.79 Å². The van der Waals surface area contributed by atoms with Gasteiger partial charge < -0.3 is 19.3 Å². The van der Waals surface area contributed by atoms with Crippen LogP contribution in [0.15, 0.2) is 18.2 Å². The predicted molar refractivity (Wildman–Crippen MR) is 64.7 cm³/mol. The highest BCUT2D eigenvalue weighted by atomic mass is 16.6. The standard InChI is InChI=1S/C13H14O5/c1-13(12(15)17-3)5-4-8-6-9(14)11(16-2)7-10(8)18-13/h4-7,14H,1-3H3. The lowest BCUT2D eigenvalue weighted by Crippen LogP contribution is -2.41. The van der Waals surface area contributed by atoms with Gasteiger partial charge in [0, 0.05) is 11.6 Å². The maximum Gasteiger partial charge on any atom is 0.354 e. The molecular formula is C13H14O5. The van der Waals surface area contributed by atoms with Gasteiger partial charge in [-0.15, -0.1) is 0 Å². The zero-order valence-electron chi connectivity index (χ0n) is 10.4. The zero-order chi connectivity index (χ0) is 13.3. The summed E-state index contributed by atoms with van der Waals surface area (Å²) >= 11 is 0. The summed E-state index contributed by atoms with van der Waals surface area (Å²) in [7, 11) is 2.75. The lowest BCUT2D eigenvalue weighted by molar-refractivity contribution is -0.153. The first-order valence-corrected chi connectivity index (χ1v) is 5.38. The molecular weight excluding hydrogens is 236 g/mol. The van der Waals surface area contributed by atoms with E-state index in [-0.39, 0.29) is 11.5 Å². The van der Waals surface area contributed by atoms with Crippen molar-refractivity contribution in [2.75, 3.05) is 14.2 Å². The van der Waals surface area contributed by atoms with Gasteiger partial charge in [0.25, 0.3) is 0 Å². The maximum absolute atomic E-state index is 11.6. The van der Waals surface area contributed by atoms with Gasteiger partial charge in [-0.05, 0) is 19.1 Å². The Labute approximate surface area is 105 Å². The van der Waals surface area contributed by atoms with Crippen LogP contribution in [0.1, 0.15) is 12.5 Å². The van der Waals surface area contributed by atoms with Crippen LogP contribution in [-0.4, -0.2) is 30.9 Å². The van der Waals surface area contributed by atoms with E-state index in [4.69, 9.17) is 14.2 Å². The van der Waals surface area contributed by atoms with Crippen molar-refractivity contribution in [2.24, 2.45) is 0 Å². The number of carbonyl (C=O) groups is 1. The Bertz CT molecular complexity index is 520. The van der Waals surface area contributed by atoms with Crippen LogP contribution in [0.4, 0.5) is 0 Å². The molecule has 1 aliphatic heterocycles. The number of hydrogen-bond donors (Lipinski definition) is 1. The van der Waals surface area contributed by atoms with E-state index in [2.05, 4.69) is 0 Å². The van der Waals surface area contributed by atoms with Crippen molar-refractivity contribution in [1.29, 1.82) is 0 Å². The minimum Gasteiger partial charge on any atom is -0.504 e. The highest BCUT2D eigenvalue weighted by Gasteiger charge is 2.37. The number of phenols is 1. The maximum atomic E-state index is 11.6. The topological polar surface area (TPSA) is 65.0 Å². The number of carbonyl (C=O) groups excluding carboxylic acids is 1. The smallest absolute Gasteiger partial charge is 0.354 e. The van der Waals surface area contributed by atoms with E-state index in [1.807, 2.05) is 0 Å². The Morgan fingerprint density at radius 3 is 2.72 bits per heavy atom. The van der Waals surface area contributed by atoms with Gasteiger partial charge in [0.05, 0.1) is 14.2 Å². The molecule has 0 aliphatic carbocycles. The second-order valence-corrected chi connectivity index (χ2v) is 4.10. The number of esters is 1. The van der Waals surface area contributed by atoms with Crippen molar-refractivity contribution in [2.45, 2.75) is 12.5 Å². The molecule has 0 saturated heterocycles. The summed E-state index contributed by atoms with van der Waals surface area (Å²) in [6, 6.07) is 3.05. The summed E-state index contributed by atoms with van der Waals surface area (Å²) in [4.78, 5) is 11.6. The number of phenolic OH excluding ortho intramolecular Hbond substituents is 1. The Kier molecular flexibility index (Phi) is 2.90. The van der Waals surface area contributed by atoms with Gasteiger partial charge in [0.1, 0.15) is 5.75 Å². The lowest BCUT2D eigenvalue weighted by atomic mass is 10.00. The van der Waals surface area contributed by atoms with E-state index in [1.54, 1.807) is 19.1 Å². The van der Waals surface area contributed by atoms with E-state index in [1.165, 1.54) is 26.4 Å². The molecule has 1 N–H and O–H groups in total. The third-order valence-electron chi connectivity index (χ3n) is 2.80. The monoisotopic (exact) mass is 250 g/mol. The Morgan fingerprint density at radius 1 is 1.39 bits per heavy atom. The SMILES string of the molecule is COC(=O)C1(C)C=Cc2cc(O)c(OC)cc2O1. The summed E-state index contributed by atoms with van der Waals surface area (Å²) < 4.78 is 15.3. The summed E-state index contributed by atoms with van der Waals surface area (Å²) in [6.07, 6.45) is 3.29. The number of rotatable bonds is 2. The molecule has 1 atom stereocenters. The van der Waals surface area contributed by atoms with Gasteiger partial charge in [0.2, 0.25) is 5.60 Å². The van der Waals surface area contributed by atoms with Gasteiger partial charge >= 0.3 is 5.97 Å². The molecule has 2 rings (SSSR count). The first kappa shape index (κ1) is 12.3. The molecule has 1 heterocycles. The normalized spacial score (nSPS) is 20.8. The van der Waals surface area contributed by atoms with Crippen LogP contribution in [0.2, 0.25) is 0 Å². The van der Waals surface area contributed by atoms with Crippen LogP contribution in [0.3, 0.4) is 0 Å². The minimum atomic E-state index is -1.16. The molecule has 0 spiro atoms. The molecule has 18 heavy (non-hydrogen) atoms. The van der Waals surface area contributed by atoms with Crippen molar-refractivity contribution >= 4 is 12.0 Å². The molecule has 1 aliphatic rings. The number of aromatic hydroxyl groups is 1. The molecule has 0 fully saturated rings. The molecule has 0 bridgehead atoms. The number of hydrogen-bond acceptors (Lipinski definition) is 5. The van der Waals surface area contributed by atoms with Gasteiger partial charge in [-0.3, -0.25) is 0 Å². The summed E-state index contributed by atoms with van der Waals surface area (Å²) in [5, 5.41) is 9.65. The van der Waals surface area contributed by atoms with E-state index in [0.29, 0.717) is 11.3 Å². The summed E-state index contributed by atoms with van der Waals surface area (Å²) in [5.41, 5.74) is -0.487. The number of methoxy groups -OCH3 is 2. The van der Waals surface area contributed by atoms with Crippen LogP contribution < -0.4 is 9.47 Å². The molecule has 0 amide bonds. The Hall–Kier alpha value is -2.17. The first-order chi connectivity index (χ1) is 8.50. The van der Waals surface area contributed by atoms with Crippen LogP contribution >= 0.6 is 0 Å². The van der Waals surface area contributed by atoms with Crippen molar-refractivity contribution in [3.63, 3.8) is 0 Å². The second-order valence-electron chi connectivity index (χ2n) is 4.10. The van der Waals surface area contributed by atoms with Gasteiger partial charge in [-0.2, -0.15) is 0 Å². The number of fused-ring (bicyclic) bond motifs is 1. The summed E-state index contributed by atoms with van der Waals surface area (Å²) in [6.45, 7) is 1.61. The molecule has 5 heteroatoms. The fourth-order valence-electron chi connectivity index (χ4n) is 1.77. The van der Waals surface area contributed by atoms with Crippen molar-refractivity contribution in [3.8, 4) is 17.2 Å². The van der Waals surface area contributed by atoms with Gasteiger partial charge in [0.15, 0.2) is 11.5 Å². The number of benzene rings is 1. The highest BCUT2D eigenvalue weighted by molar-refractivity contribution is 5.85. The molecule has 5 nitrogen and oxygen atoms in total. The molecule has 1 aromatic carbocycles. The molecule has 1 aromatic rings. The average molecular weight is 250 g/mol. The average Bonchev–Trinajstić information content (AvgIpc) is 2.37. The predicted octanol–water partition coefficient (Wildman–Crippen LogP) is 1.74. The Balaban J connectivity index is 2.43.